The number of benzene rings is 1. The number of thiophene rings is 1. The number of fused-ring (bicyclic) bond motifs is 1. The molecule has 0 aliphatic rings. The van der Waals surface area contributed by atoms with Crippen molar-refractivity contribution in [2.45, 2.75) is 12.6 Å². The molecule has 0 spiro atoms. The number of halogens is 3. The Kier molecular flexibility index (Phi) is 4.17. The van der Waals surface area contributed by atoms with E-state index in [2.05, 4.69) is 0 Å². The minimum Gasteiger partial charge on any atom is -0.497 e. The van der Waals surface area contributed by atoms with Crippen LogP contribution in [-0.4, -0.2) is 25.7 Å². The number of nitrogens with one attached hydrogen (secondary N) is 1. The summed E-state index contributed by atoms with van der Waals surface area (Å²) < 4.78 is 42.3. The number of methoxy groups -OCH3 is 1. The van der Waals surface area contributed by atoms with Crippen LogP contribution in [0.4, 0.5) is 13.2 Å². The van der Waals surface area contributed by atoms with Crippen LogP contribution in [0, 0.1) is 0 Å². The van der Waals surface area contributed by atoms with Crippen molar-refractivity contribution in [1.82, 2.24) is 5.32 Å². The SMILES string of the molecule is COc1ccc2scc(CCNC(=O)C(F)(F)F)c2c1. The van der Waals surface area contributed by atoms with E-state index in [9.17, 15) is 18.0 Å². The lowest BCUT2D eigenvalue weighted by Gasteiger charge is -2.07. The van der Waals surface area contributed by atoms with Crippen molar-refractivity contribution >= 4 is 27.3 Å². The predicted octanol–water partition coefficient (Wildman–Crippen LogP) is 3.13. The number of hydrogen-bond acceptors (Lipinski definition) is 3. The maximum absolute atomic E-state index is 12.0. The van der Waals surface area contributed by atoms with E-state index in [1.807, 2.05) is 28.9 Å². The van der Waals surface area contributed by atoms with Crippen LogP contribution >= 0.6 is 11.3 Å². The van der Waals surface area contributed by atoms with Gasteiger partial charge in [-0.15, -0.1) is 11.3 Å². The van der Waals surface area contributed by atoms with E-state index in [4.69, 9.17) is 4.74 Å². The Balaban J connectivity index is 2.05. The van der Waals surface area contributed by atoms with E-state index < -0.39 is 12.1 Å². The quantitative estimate of drug-likeness (QED) is 0.942. The molecule has 108 valence electrons. The fourth-order valence-corrected chi connectivity index (χ4v) is 2.77. The minimum atomic E-state index is -4.83. The number of amides is 1. The molecule has 0 fully saturated rings. The normalized spacial score (nSPS) is 11.6. The molecule has 20 heavy (non-hydrogen) atoms. The largest absolute Gasteiger partial charge is 0.497 e. The predicted molar refractivity (Wildman–Crippen MR) is 71.1 cm³/mol. The lowest BCUT2D eigenvalue weighted by molar-refractivity contribution is -0.173. The van der Waals surface area contributed by atoms with Gasteiger partial charge >= 0.3 is 12.1 Å². The van der Waals surface area contributed by atoms with Crippen molar-refractivity contribution in [2.24, 2.45) is 0 Å². The third kappa shape index (κ3) is 3.22. The zero-order valence-electron chi connectivity index (χ0n) is 10.6. The molecule has 2 aromatic rings. The second-order valence-electron chi connectivity index (χ2n) is 4.13. The molecule has 0 saturated heterocycles. The molecular formula is C13H12F3NO2S. The van der Waals surface area contributed by atoms with Gasteiger partial charge in [0.25, 0.3) is 0 Å². The van der Waals surface area contributed by atoms with Crippen LogP contribution in [0.5, 0.6) is 5.75 Å². The first-order valence-corrected chi connectivity index (χ1v) is 6.69. The second kappa shape index (κ2) is 5.70. The topological polar surface area (TPSA) is 38.3 Å². The Hall–Kier alpha value is -1.76. The van der Waals surface area contributed by atoms with Crippen LogP contribution in [0.1, 0.15) is 5.56 Å². The van der Waals surface area contributed by atoms with E-state index >= 15 is 0 Å². The molecule has 1 aromatic heterocycles. The second-order valence-corrected chi connectivity index (χ2v) is 5.04. The molecule has 0 aliphatic carbocycles. The highest BCUT2D eigenvalue weighted by molar-refractivity contribution is 7.17. The monoisotopic (exact) mass is 303 g/mol. The van der Waals surface area contributed by atoms with Crippen LogP contribution in [0.3, 0.4) is 0 Å². The van der Waals surface area contributed by atoms with Gasteiger partial charge in [0.05, 0.1) is 7.11 Å². The Labute approximate surface area is 117 Å². The summed E-state index contributed by atoms with van der Waals surface area (Å²) in [7, 11) is 1.55. The molecule has 1 heterocycles. The smallest absolute Gasteiger partial charge is 0.471 e. The Morgan fingerprint density at radius 2 is 2.15 bits per heavy atom. The first-order valence-electron chi connectivity index (χ1n) is 5.81. The van der Waals surface area contributed by atoms with Crippen molar-refractivity contribution in [3.05, 3.63) is 29.1 Å². The molecule has 0 unspecified atom stereocenters. The van der Waals surface area contributed by atoms with Crippen LogP contribution < -0.4 is 10.1 Å². The van der Waals surface area contributed by atoms with Gasteiger partial charge < -0.3 is 10.1 Å². The lowest BCUT2D eigenvalue weighted by atomic mass is 10.1. The van der Waals surface area contributed by atoms with Crippen molar-refractivity contribution in [3.63, 3.8) is 0 Å². The first-order chi connectivity index (χ1) is 9.41. The van der Waals surface area contributed by atoms with Crippen molar-refractivity contribution < 1.29 is 22.7 Å². The van der Waals surface area contributed by atoms with Gasteiger partial charge in [-0.3, -0.25) is 4.79 Å². The van der Waals surface area contributed by atoms with E-state index in [0.29, 0.717) is 12.2 Å². The fraction of sp³-hybridized carbons (Fsp3) is 0.308. The Bertz CT molecular complexity index is 622. The van der Waals surface area contributed by atoms with E-state index in [-0.39, 0.29) is 6.54 Å². The summed E-state index contributed by atoms with van der Waals surface area (Å²) >= 11 is 1.51. The zero-order valence-corrected chi connectivity index (χ0v) is 11.4. The molecule has 0 radical (unpaired) electrons. The van der Waals surface area contributed by atoms with Gasteiger partial charge in [0.2, 0.25) is 0 Å². The highest BCUT2D eigenvalue weighted by atomic mass is 32.1. The van der Waals surface area contributed by atoms with Crippen molar-refractivity contribution in [1.29, 1.82) is 0 Å². The zero-order chi connectivity index (χ0) is 14.8. The average molecular weight is 303 g/mol. The van der Waals surface area contributed by atoms with Gasteiger partial charge in [-0.05, 0) is 40.9 Å². The third-order valence-corrected chi connectivity index (χ3v) is 3.81. The maximum Gasteiger partial charge on any atom is 0.471 e. The van der Waals surface area contributed by atoms with Crippen molar-refractivity contribution in [3.8, 4) is 5.75 Å². The van der Waals surface area contributed by atoms with Crippen LogP contribution in [-0.2, 0) is 11.2 Å². The van der Waals surface area contributed by atoms with Crippen molar-refractivity contribution in [2.75, 3.05) is 13.7 Å². The molecule has 1 N–H and O–H groups in total. The van der Waals surface area contributed by atoms with E-state index in [1.54, 1.807) is 7.11 Å². The number of carbonyl (C=O) groups is 1. The molecule has 0 saturated carbocycles. The molecule has 1 aromatic carbocycles. The Morgan fingerprint density at radius 3 is 2.80 bits per heavy atom. The molecule has 0 atom stereocenters. The molecule has 0 bridgehead atoms. The van der Waals surface area contributed by atoms with Gasteiger partial charge in [-0.2, -0.15) is 13.2 Å². The number of alkyl halides is 3. The van der Waals surface area contributed by atoms with E-state index in [0.717, 1.165) is 15.6 Å². The summed E-state index contributed by atoms with van der Waals surface area (Å²) in [6.07, 6.45) is -4.49. The summed E-state index contributed by atoms with van der Waals surface area (Å²) in [5.41, 5.74) is 0.895. The Morgan fingerprint density at radius 1 is 1.40 bits per heavy atom. The number of rotatable bonds is 4. The summed E-state index contributed by atoms with van der Waals surface area (Å²) in [5.74, 6) is -1.22. The van der Waals surface area contributed by atoms with Gasteiger partial charge in [0.1, 0.15) is 5.75 Å². The third-order valence-electron chi connectivity index (χ3n) is 2.80. The molecule has 3 nitrogen and oxygen atoms in total. The van der Waals surface area contributed by atoms with Gasteiger partial charge in [0, 0.05) is 11.2 Å². The minimum absolute atomic E-state index is 0.0542. The van der Waals surface area contributed by atoms with Gasteiger partial charge in [0.15, 0.2) is 0 Å². The van der Waals surface area contributed by atoms with Gasteiger partial charge in [-0.1, -0.05) is 0 Å². The summed E-state index contributed by atoms with van der Waals surface area (Å²) in [6, 6.07) is 5.57. The average Bonchev–Trinajstić information content (AvgIpc) is 2.80. The van der Waals surface area contributed by atoms with Crippen LogP contribution in [0.15, 0.2) is 23.6 Å². The first kappa shape index (κ1) is 14.6. The molecule has 2 rings (SSSR count). The number of ether oxygens (including phenoxy) is 1. The fourth-order valence-electron chi connectivity index (χ4n) is 1.79. The van der Waals surface area contributed by atoms with Gasteiger partial charge in [-0.25, -0.2) is 0 Å². The van der Waals surface area contributed by atoms with Crippen LogP contribution in [0.2, 0.25) is 0 Å². The summed E-state index contributed by atoms with van der Waals surface area (Å²) in [5, 5.41) is 4.68. The highest BCUT2D eigenvalue weighted by Gasteiger charge is 2.38. The summed E-state index contributed by atoms with van der Waals surface area (Å²) in [6.45, 7) is -0.0542. The molecule has 0 aliphatic heterocycles. The summed E-state index contributed by atoms with van der Waals surface area (Å²) in [4.78, 5) is 10.7. The van der Waals surface area contributed by atoms with E-state index in [1.165, 1.54) is 11.3 Å². The molecule has 7 heteroatoms. The number of carbonyl (C=O) groups excluding carboxylic acids is 1. The lowest BCUT2D eigenvalue weighted by Crippen LogP contribution is -2.37. The standard InChI is InChI=1S/C13H12F3NO2S/c1-19-9-2-3-11-10(6-9)8(7-20-11)4-5-17-12(18)13(14,15)16/h2-3,6-7H,4-5H2,1H3,(H,17,18). The maximum atomic E-state index is 12.0. The number of hydrogen-bond donors (Lipinski definition) is 1. The molecular weight excluding hydrogens is 291 g/mol. The molecule has 1 amide bonds. The van der Waals surface area contributed by atoms with Crippen LogP contribution in [0.25, 0.3) is 10.1 Å². The highest BCUT2D eigenvalue weighted by Crippen LogP contribution is 2.29.